The highest BCUT2D eigenvalue weighted by molar-refractivity contribution is 6.05. The van der Waals surface area contributed by atoms with Crippen molar-refractivity contribution in [1.82, 2.24) is 15.5 Å². The molecule has 2 heterocycles. The van der Waals surface area contributed by atoms with Gasteiger partial charge in [0, 0.05) is 12.5 Å². The second-order valence-electron chi connectivity index (χ2n) is 10.6. The summed E-state index contributed by atoms with van der Waals surface area (Å²) >= 11 is 0. The largest absolute Gasteiger partial charge is 0.452 e. The minimum Gasteiger partial charge on any atom is -0.452 e. The summed E-state index contributed by atoms with van der Waals surface area (Å²) in [5, 5.41) is 5.56. The van der Waals surface area contributed by atoms with Crippen LogP contribution in [0.25, 0.3) is 22.1 Å². The highest BCUT2D eigenvalue weighted by Gasteiger charge is 2.42. The number of benzene rings is 4. The standard InChI is InChI=1S/C34H28N4O6/c1-42-33(40)35-38(31-27-16-8-9-17-29(27)44-36-31)32(39)30-22-11-3-2-10-21(22)18-19-37(30)34(41)43-20-28-25-14-6-4-12-23(25)24-13-5-7-15-26(24)28/h2-17,28,30H,18-20H2,1H3,(H,35,40). The van der Waals surface area contributed by atoms with E-state index in [4.69, 9.17) is 14.0 Å². The lowest BCUT2D eigenvalue weighted by Crippen LogP contribution is -2.54. The number of hydrazine groups is 1. The number of nitrogens with one attached hydrogen (secondary N) is 1. The predicted molar refractivity (Wildman–Crippen MR) is 162 cm³/mol. The van der Waals surface area contributed by atoms with Gasteiger partial charge in [-0.2, -0.15) is 5.01 Å². The van der Waals surface area contributed by atoms with Gasteiger partial charge in [0.1, 0.15) is 12.6 Å². The first-order valence-electron chi connectivity index (χ1n) is 14.3. The Hall–Kier alpha value is -5.64. The Labute approximate surface area is 252 Å². The summed E-state index contributed by atoms with van der Waals surface area (Å²) < 4.78 is 16.2. The molecule has 1 aromatic heterocycles. The molecule has 10 nitrogen and oxygen atoms in total. The molecule has 0 fully saturated rings. The summed E-state index contributed by atoms with van der Waals surface area (Å²) in [7, 11) is 1.19. The minimum absolute atomic E-state index is 0.0616. The SMILES string of the molecule is COC(=O)NN(C(=O)C1c2ccccc2CCN1C(=O)OCC1c2ccccc2-c2ccccc21)c1noc2ccccc12. The number of amides is 3. The predicted octanol–water partition coefficient (Wildman–Crippen LogP) is 5.98. The molecule has 0 saturated heterocycles. The maximum absolute atomic E-state index is 14.5. The van der Waals surface area contributed by atoms with Crippen molar-refractivity contribution in [3.63, 3.8) is 0 Å². The van der Waals surface area contributed by atoms with Gasteiger partial charge in [-0.25, -0.2) is 15.0 Å². The molecule has 0 bridgehead atoms. The Morgan fingerprint density at radius 3 is 2.25 bits per heavy atom. The summed E-state index contributed by atoms with van der Waals surface area (Å²) in [4.78, 5) is 42.2. The van der Waals surface area contributed by atoms with Crippen LogP contribution in [0.3, 0.4) is 0 Å². The Balaban J connectivity index is 1.22. The van der Waals surface area contributed by atoms with Gasteiger partial charge >= 0.3 is 12.2 Å². The lowest BCUT2D eigenvalue weighted by atomic mass is 9.92. The topological polar surface area (TPSA) is 114 Å². The molecule has 220 valence electrons. The Kier molecular flexibility index (Phi) is 6.94. The summed E-state index contributed by atoms with van der Waals surface area (Å²) in [6.07, 6.45) is -0.994. The molecule has 4 aromatic carbocycles. The van der Waals surface area contributed by atoms with Crippen LogP contribution in [0.4, 0.5) is 15.4 Å². The molecule has 1 N–H and O–H groups in total. The minimum atomic E-state index is -1.12. The van der Waals surface area contributed by atoms with Crippen molar-refractivity contribution in [1.29, 1.82) is 0 Å². The fourth-order valence-corrected chi connectivity index (χ4v) is 6.21. The van der Waals surface area contributed by atoms with Crippen molar-refractivity contribution in [2.45, 2.75) is 18.4 Å². The van der Waals surface area contributed by atoms with E-state index < -0.39 is 24.1 Å². The van der Waals surface area contributed by atoms with Gasteiger partial charge in [-0.15, -0.1) is 0 Å². The first-order valence-corrected chi connectivity index (χ1v) is 14.3. The summed E-state index contributed by atoms with van der Waals surface area (Å²) in [6, 6.07) is 29.5. The average Bonchev–Trinajstić information content (AvgIpc) is 3.64. The van der Waals surface area contributed by atoms with Gasteiger partial charge in [0.2, 0.25) is 5.82 Å². The lowest BCUT2D eigenvalue weighted by molar-refractivity contribution is -0.124. The third-order valence-corrected chi connectivity index (χ3v) is 8.27. The van der Waals surface area contributed by atoms with E-state index in [9.17, 15) is 14.4 Å². The van der Waals surface area contributed by atoms with Gasteiger partial charge in [-0.3, -0.25) is 9.69 Å². The Morgan fingerprint density at radius 1 is 0.886 bits per heavy atom. The monoisotopic (exact) mass is 588 g/mol. The molecular formula is C34H28N4O6. The van der Waals surface area contributed by atoms with E-state index in [1.807, 2.05) is 42.5 Å². The number of fused-ring (bicyclic) bond motifs is 5. The van der Waals surface area contributed by atoms with E-state index in [1.54, 1.807) is 30.3 Å². The van der Waals surface area contributed by atoms with E-state index in [0.717, 1.165) is 32.8 Å². The van der Waals surface area contributed by atoms with Crippen molar-refractivity contribution < 1.29 is 28.4 Å². The number of hydrogen-bond donors (Lipinski definition) is 1. The normalized spacial score (nSPS) is 15.2. The fourth-order valence-electron chi connectivity index (χ4n) is 6.21. The number of carbonyl (C=O) groups excluding carboxylic acids is 3. The Bertz CT molecular complexity index is 1860. The summed E-state index contributed by atoms with van der Waals surface area (Å²) in [6.45, 7) is 0.333. The number of nitrogens with zero attached hydrogens (tertiary/aromatic N) is 3. The molecule has 2 aliphatic rings. The third kappa shape index (κ3) is 4.60. The van der Waals surface area contributed by atoms with Gasteiger partial charge in [0.15, 0.2) is 5.58 Å². The van der Waals surface area contributed by atoms with Gasteiger partial charge in [0.25, 0.3) is 5.91 Å². The number of methoxy groups -OCH3 is 1. The molecule has 0 saturated carbocycles. The molecular weight excluding hydrogens is 560 g/mol. The molecule has 7 rings (SSSR count). The van der Waals surface area contributed by atoms with Gasteiger partial charge in [-0.1, -0.05) is 90.1 Å². The van der Waals surface area contributed by atoms with Crippen molar-refractivity contribution in [3.05, 3.63) is 119 Å². The van der Waals surface area contributed by atoms with Crippen molar-refractivity contribution in [3.8, 4) is 11.1 Å². The van der Waals surface area contributed by atoms with E-state index in [0.29, 0.717) is 23.0 Å². The number of anilines is 1. The molecule has 1 aliphatic heterocycles. The molecule has 1 aliphatic carbocycles. The van der Waals surface area contributed by atoms with Gasteiger partial charge in [0.05, 0.1) is 12.5 Å². The van der Waals surface area contributed by atoms with Crippen LogP contribution in [-0.4, -0.2) is 48.4 Å². The van der Waals surface area contributed by atoms with Crippen LogP contribution in [0.2, 0.25) is 0 Å². The highest BCUT2D eigenvalue weighted by Crippen LogP contribution is 2.45. The third-order valence-electron chi connectivity index (χ3n) is 8.27. The van der Waals surface area contributed by atoms with E-state index in [1.165, 1.54) is 12.0 Å². The zero-order valence-electron chi connectivity index (χ0n) is 23.8. The smallest absolute Gasteiger partial charge is 0.426 e. The second kappa shape index (κ2) is 11.2. The molecule has 44 heavy (non-hydrogen) atoms. The van der Waals surface area contributed by atoms with E-state index in [2.05, 4.69) is 34.8 Å². The lowest BCUT2D eigenvalue weighted by Gasteiger charge is -2.37. The van der Waals surface area contributed by atoms with Gasteiger partial charge in [-0.05, 0) is 51.9 Å². The maximum Gasteiger partial charge on any atom is 0.426 e. The second-order valence-corrected chi connectivity index (χ2v) is 10.6. The fraction of sp³-hybridized carbons (Fsp3) is 0.176. The number of carbonyl (C=O) groups is 3. The van der Waals surface area contributed by atoms with Gasteiger partial charge < -0.3 is 14.0 Å². The molecule has 3 amide bonds. The molecule has 10 heteroatoms. The number of hydrogen-bond acceptors (Lipinski definition) is 7. The van der Waals surface area contributed by atoms with E-state index in [-0.39, 0.29) is 24.9 Å². The number of aromatic nitrogens is 1. The molecule has 0 radical (unpaired) electrons. The molecule has 1 unspecified atom stereocenters. The average molecular weight is 589 g/mol. The zero-order valence-corrected chi connectivity index (χ0v) is 23.8. The number of ether oxygens (including phenoxy) is 2. The first-order chi connectivity index (χ1) is 21.5. The quantitative estimate of drug-likeness (QED) is 0.257. The summed E-state index contributed by atoms with van der Waals surface area (Å²) in [5.41, 5.74) is 8.84. The maximum atomic E-state index is 14.5. The van der Waals surface area contributed by atoms with Crippen molar-refractivity contribution >= 4 is 34.9 Å². The van der Waals surface area contributed by atoms with E-state index >= 15 is 0 Å². The van der Waals surface area contributed by atoms with Crippen molar-refractivity contribution in [2.24, 2.45) is 0 Å². The molecule has 0 spiro atoms. The van der Waals surface area contributed by atoms with Crippen LogP contribution < -0.4 is 10.4 Å². The summed E-state index contributed by atoms with van der Waals surface area (Å²) in [5.74, 6) is -0.710. The van der Waals surface area contributed by atoms with Crippen LogP contribution >= 0.6 is 0 Å². The molecule has 1 atom stereocenters. The van der Waals surface area contributed by atoms with Crippen LogP contribution in [0.1, 0.15) is 34.2 Å². The number of para-hydroxylation sites is 1. The first kappa shape index (κ1) is 27.2. The van der Waals surface area contributed by atoms with Crippen LogP contribution in [0.5, 0.6) is 0 Å². The zero-order chi connectivity index (χ0) is 30.2. The Morgan fingerprint density at radius 2 is 1.52 bits per heavy atom. The molecule has 5 aromatic rings. The van der Waals surface area contributed by atoms with Crippen LogP contribution in [0.15, 0.2) is 102 Å². The number of rotatable bonds is 4. The highest BCUT2D eigenvalue weighted by atomic mass is 16.6. The van der Waals surface area contributed by atoms with Crippen LogP contribution in [-0.2, 0) is 20.7 Å². The van der Waals surface area contributed by atoms with Crippen LogP contribution in [0, 0.1) is 0 Å². The van der Waals surface area contributed by atoms with Crippen molar-refractivity contribution in [2.75, 3.05) is 25.3 Å².